The lowest BCUT2D eigenvalue weighted by molar-refractivity contribution is 0.414. The molecule has 1 heterocycles. The Bertz CT molecular complexity index is 488. The Hall–Kier alpha value is -1.28. The number of nitrogens with one attached hydrogen (secondary N) is 1. The van der Waals surface area contributed by atoms with Crippen LogP contribution in [-0.2, 0) is 6.37 Å². The fraction of sp³-hybridized carbons (Fsp3) is 0.333. The predicted octanol–water partition coefficient (Wildman–Crippen LogP) is 2.27. The third-order valence-electron chi connectivity index (χ3n) is 2.17. The number of para-hydroxylation sites is 1. The number of hydrogen-bond donors (Lipinski definition) is 1. The summed E-state index contributed by atoms with van der Waals surface area (Å²) >= 11 is 0. The first-order valence-electron chi connectivity index (χ1n) is 5.72. The van der Waals surface area contributed by atoms with Crippen molar-refractivity contribution in [1.82, 2.24) is 9.88 Å². The van der Waals surface area contributed by atoms with Crippen LogP contribution in [0.25, 0.3) is 10.9 Å². The van der Waals surface area contributed by atoms with E-state index in [1.54, 1.807) is 6.20 Å². The molecule has 2 nitrogen and oxygen atoms in total. The van der Waals surface area contributed by atoms with Crippen molar-refractivity contribution >= 4 is 10.9 Å². The minimum absolute atomic E-state index is 0.384. The molecular weight excluding hydrogens is 172 g/mol. The van der Waals surface area contributed by atoms with Crippen LogP contribution < -0.4 is 0 Å². The van der Waals surface area contributed by atoms with Crippen molar-refractivity contribution in [3.63, 3.8) is 0 Å². The van der Waals surface area contributed by atoms with Gasteiger partial charge in [-0.25, -0.2) is 0 Å². The van der Waals surface area contributed by atoms with E-state index in [9.17, 15) is 0 Å². The molecule has 0 saturated carbocycles. The molecule has 74 valence electrons. The Morgan fingerprint density at radius 2 is 2.14 bits per heavy atom. The summed E-state index contributed by atoms with van der Waals surface area (Å²) in [7, 11) is 3.76. The Balaban J connectivity index is 2.46. The van der Waals surface area contributed by atoms with Gasteiger partial charge in [0.1, 0.15) is 0 Å². The van der Waals surface area contributed by atoms with Gasteiger partial charge >= 0.3 is 0 Å². The van der Waals surface area contributed by atoms with Gasteiger partial charge in [0.25, 0.3) is 0 Å². The molecule has 2 heteroatoms. The van der Waals surface area contributed by atoms with Crippen molar-refractivity contribution in [1.29, 1.82) is 0 Å². The number of H-pyrrole nitrogens is 1. The number of likely N-dealkylation sites (N-methyl/N-ethyl adjacent to an activating group) is 1. The number of hydrogen-bond acceptors (Lipinski definition) is 1. The van der Waals surface area contributed by atoms with Gasteiger partial charge in [-0.15, -0.1) is 0 Å². The summed E-state index contributed by atoms with van der Waals surface area (Å²) in [5.74, 6) is 0. The van der Waals surface area contributed by atoms with Gasteiger partial charge in [0, 0.05) is 26.4 Å². The number of aromatic amines is 1. The number of fused-ring (bicyclic) bond motifs is 1. The average Bonchev–Trinajstić information content (AvgIpc) is 2.59. The lowest BCUT2D eigenvalue weighted by Gasteiger charge is -2.07. The van der Waals surface area contributed by atoms with Gasteiger partial charge in [0.15, 0.2) is 0 Å². The van der Waals surface area contributed by atoms with E-state index >= 15 is 0 Å². The van der Waals surface area contributed by atoms with Crippen molar-refractivity contribution in [2.45, 2.75) is 6.37 Å². The molecule has 0 bridgehead atoms. The third kappa shape index (κ3) is 1.80. The van der Waals surface area contributed by atoms with Gasteiger partial charge in [-0.2, -0.15) is 0 Å². The van der Waals surface area contributed by atoms with E-state index in [0.29, 0.717) is 6.54 Å². The van der Waals surface area contributed by atoms with Crippen molar-refractivity contribution in [2.75, 3.05) is 20.6 Å². The molecule has 2 aromatic rings. The first kappa shape index (κ1) is 7.07. The molecule has 14 heavy (non-hydrogen) atoms. The topological polar surface area (TPSA) is 19.0 Å². The van der Waals surface area contributed by atoms with Crippen LogP contribution in [-0.4, -0.2) is 30.5 Å². The molecule has 1 aromatic carbocycles. The summed E-state index contributed by atoms with van der Waals surface area (Å²) in [5, 5.41) is 0.967. The zero-order valence-electron chi connectivity index (χ0n) is 10.5. The fourth-order valence-corrected chi connectivity index (χ4v) is 1.46. The van der Waals surface area contributed by atoms with Crippen LogP contribution in [0.15, 0.2) is 30.5 Å². The summed E-state index contributed by atoms with van der Waals surface area (Å²) in [6, 6.07) is 7.80. The molecule has 0 spiro atoms. The first-order chi connectivity index (χ1) is 7.50. The van der Waals surface area contributed by atoms with Crippen LogP contribution in [0.4, 0.5) is 0 Å². The zero-order chi connectivity index (χ0) is 11.8. The zero-order valence-corrected chi connectivity index (χ0v) is 8.54. The van der Waals surface area contributed by atoms with E-state index < -0.39 is 6.37 Å². The second kappa shape index (κ2) is 3.84. The Labute approximate surface area is 87.4 Å². The highest BCUT2D eigenvalue weighted by atomic mass is 15.0. The van der Waals surface area contributed by atoms with Crippen molar-refractivity contribution in [2.24, 2.45) is 0 Å². The maximum atomic E-state index is 8.10. The molecule has 0 unspecified atom stereocenters. The molecule has 0 amide bonds. The standard InChI is InChI=1S/C12H16N2/c1-14(2)8-7-10-9-13-12-6-4-3-5-11(10)12/h3-6,9,13H,7-8H2,1-2H3/i7D2. The van der Waals surface area contributed by atoms with Gasteiger partial charge in [0.2, 0.25) is 0 Å². The normalized spacial score (nSPS) is 14.5. The molecule has 0 aliphatic carbocycles. The molecule has 0 saturated heterocycles. The molecule has 1 aromatic heterocycles. The first-order valence-corrected chi connectivity index (χ1v) is 4.72. The van der Waals surface area contributed by atoms with E-state index in [1.807, 2.05) is 43.3 Å². The Morgan fingerprint density at radius 1 is 1.36 bits per heavy atom. The fourth-order valence-electron chi connectivity index (χ4n) is 1.46. The summed E-state index contributed by atoms with van der Waals surface area (Å²) < 4.78 is 16.2. The minimum atomic E-state index is -1.33. The largest absolute Gasteiger partial charge is 0.361 e. The van der Waals surface area contributed by atoms with Gasteiger partial charge in [-0.3, -0.25) is 0 Å². The second-order valence-corrected chi connectivity index (χ2v) is 3.66. The smallest absolute Gasteiger partial charge is 0.0456 e. The SMILES string of the molecule is [2H]C([2H])(CN(C)C)c1c[nH]c2ccccc12. The molecule has 0 radical (unpaired) electrons. The molecular formula is C12H16N2. The number of nitrogens with zero attached hydrogens (tertiary/aromatic N) is 1. The highest BCUT2D eigenvalue weighted by Gasteiger charge is 2.02. The van der Waals surface area contributed by atoms with Gasteiger partial charge in [-0.1, -0.05) is 18.2 Å². The summed E-state index contributed by atoms with van der Waals surface area (Å²) in [4.78, 5) is 4.97. The maximum absolute atomic E-state index is 8.10. The lowest BCUT2D eigenvalue weighted by atomic mass is 10.1. The molecule has 0 aliphatic heterocycles. The van der Waals surface area contributed by atoms with E-state index in [1.165, 1.54) is 0 Å². The summed E-state index contributed by atoms with van der Waals surface area (Å²) in [6.45, 7) is 0.384. The molecule has 2 rings (SSSR count). The highest BCUT2D eigenvalue weighted by molar-refractivity contribution is 5.83. The molecule has 0 aliphatic rings. The van der Waals surface area contributed by atoms with Crippen LogP contribution in [0.1, 0.15) is 8.30 Å². The van der Waals surface area contributed by atoms with Gasteiger partial charge in [0.05, 0.1) is 0 Å². The van der Waals surface area contributed by atoms with Crippen molar-refractivity contribution < 1.29 is 2.74 Å². The maximum Gasteiger partial charge on any atom is 0.0456 e. The van der Waals surface area contributed by atoms with Crippen molar-refractivity contribution in [3.8, 4) is 0 Å². The Kier molecular flexibility index (Phi) is 1.94. The molecule has 1 N–H and O–H groups in total. The number of benzene rings is 1. The quantitative estimate of drug-likeness (QED) is 0.786. The van der Waals surface area contributed by atoms with E-state index in [-0.39, 0.29) is 0 Å². The van der Waals surface area contributed by atoms with E-state index in [0.717, 1.165) is 16.5 Å². The van der Waals surface area contributed by atoms with E-state index in [2.05, 4.69) is 4.98 Å². The molecule has 0 fully saturated rings. The summed E-state index contributed by atoms with van der Waals surface area (Å²) in [6.07, 6.45) is 0.442. The van der Waals surface area contributed by atoms with Crippen LogP contribution >= 0.6 is 0 Å². The molecule has 0 atom stereocenters. The minimum Gasteiger partial charge on any atom is -0.361 e. The lowest BCUT2D eigenvalue weighted by Crippen LogP contribution is -2.14. The average molecular weight is 190 g/mol. The van der Waals surface area contributed by atoms with Crippen LogP contribution in [0.5, 0.6) is 0 Å². The number of rotatable bonds is 3. The third-order valence-corrected chi connectivity index (χ3v) is 2.17. The van der Waals surface area contributed by atoms with Crippen LogP contribution in [0, 0.1) is 0 Å². The van der Waals surface area contributed by atoms with E-state index in [4.69, 9.17) is 2.74 Å². The number of aromatic nitrogens is 1. The summed E-state index contributed by atoms with van der Waals surface area (Å²) in [5.41, 5.74) is 1.72. The predicted molar refractivity (Wildman–Crippen MR) is 60.6 cm³/mol. The van der Waals surface area contributed by atoms with Crippen molar-refractivity contribution in [3.05, 3.63) is 36.0 Å². The van der Waals surface area contributed by atoms with Gasteiger partial charge in [-0.05, 0) is 32.1 Å². The monoisotopic (exact) mass is 190 g/mol. The highest BCUT2D eigenvalue weighted by Crippen LogP contribution is 2.17. The van der Waals surface area contributed by atoms with Crippen LogP contribution in [0.2, 0.25) is 0 Å². The van der Waals surface area contributed by atoms with Gasteiger partial charge < -0.3 is 9.88 Å². The van der Waals surface area contributed by atoms with Crippen LogP contribution in [0.3, 0.4) is 0 Å². The Morgan fingerprint density at radius 3 is 2.93 bits per heavy atom. The second-order valence-electron chi connectivity index (χ2n) is 3.66.